The first-order valence-corrected chi connectivity index (χ1v) is 5.31. The van der Waals surface area contributed by atoms with Crippen LogP contribution in [0.15, 0.2) is 12.1 Å². The van der Waals surface area contributed by atoms with Gasteiger partial charge in [0.1, 0.15) is 0 Å². The van der Waals surface area contributed by atoms with Crippen molar-refractivity contribution >= 4 is 11.7 Å². The Hall–Kier alpha value is -1.73. The summed E-state index contributed by atoms with van der Waals surface area (Å²) < 4.78 is 5.33. The predicted octanol–water partition coefficient (Wildman–Crippen LogP) is -1.23. The average molecular weight is 238 g/mol. The molecule has 2 heterocycles. The molecule has 1 aliphatic heterocycles. The molecule has 2 rings (SSSR count). The number of aromatic nitrogens is 2. The number of anilines is 1. The van der Waals surface area contributed by atoms with Gasteiger partial charge in [0, 0.05) is 13.1 Å². The molecule has 0 bridgehead atoms. The van der Waals surface area contributed by atoms with Crippen LogP contribution in [-0.2, 0) is 4.74 Å². The molecule has 1 aromatic rings. The minimum Gasteiger partial charge on any atom is -0.394 e. The number of nitrogens with two attached hydrogens (primary N) is 1. The Labute approximate surface area is 98.2 Å². The molecule has 92 valence electrons. The van der Waals surface area contributed by atoms with Crippen molar-refractivity contribution in [2.45, 2.75) is 6.10 Å². The van der Waals surface area contributed by atoms with Gasteiger partial charge in [0.05, 0.1) is 19.3 Å². The lowest BCUT2D eigenvalue weighted by Gasteiger charge is -2.32. The van der Waals surface area contributed by atoms with Crippen LogP contribution in [0.3, 0.4) is 0 Å². The number of hydrogen-bond donors (Lipinski definition) is 2. The van der Waals surface area contributed by atoms with Crippen LogP contribution in [0.2, 0.25) is 0 Å². The van der Waals surface area contributed by atoms with Crippen LogP contribution in [0.5, 0.6) is 0 Å². The molecular formula is C10H14N4O3. The van der Waals surface area contributed by atoms with Crippen molar-refractivity contribution in [3.63, 3.8) is 0 Å². The highest BCUT2D eigenvalue weighted by Gasteiger charge is 2.21. The van der Waals surface area contributed by atoms with Gasteiger partial charge in [0.25, 0.3) is 5.91 Å². The Morgan fingerprint density at radius 2 is 2.41 bits per heavy atom. The van der Waals surface area contributed by atoms with Gasteiger partial charge in [0.15, 0.2) is 11.5 Å². The van der Waals surface area contributed by atoms with E-state index in [1.807, 2.05) is 4.90 Å². The van der Waals surface area contributed by atoms with Crippen LogP contribution < -0.4 is 10.6 Å². The number of carbonyl (C=O) groups is 1. The Kier molecular flexibility index (Phi) is 3.50. The zero-order valence-corrected chi connectivity index (χ0v) is 9.24. The number of aliphatic hydroxyl groups is 1. The average Bonchev–Trinajstić information content (AvgIpc) is 2.39. The zero-order chi connectivity index (χ0) is 12.3. The van der Waals surface area contributed by atoms with E-state index in [1.54, 1.807) is 6.07 Å². The van der Waals surface area contributed by atoms with Crippen molar-refractivity contribution in [1.82, 2.24) is 10.2 Å². The summed E-state index contributed by atoms with van der Waals surface area (Å²) in [5.41, 5.74) is 5.22. The van der Waals surface area contributed by atoms with E-state index >= 15 is 0 Å². The van der Waals surface area contributed by atoms with Crippen LogP contribution in [0.25, 0.3) is 0 Å². The molecule has 1 fully saturated rings. The molecule has 0 aromatic carbocycles. The van der Waals surface area contributed by atoms with E-state index in [0.717, 1.165) is 0 Å². The fraction of sp³-hybridized carbons (Fsp3) is 0.500. The summed E-state index contributed by atoms with van der Waals surface area (Å²) in [6.07, 6.45) is -0.207. The number of hydrogen-bond acceptors (Lipinski definition) is 6. The first-order valence-electron chi connectivity index (χ1n) is 5.31. The third kappa shape index (κ3) is 2.69. The smallest absolute Gasteiger partial charge is 0.269 e. The predicted molar refractivity (Wildman–Crippen MR) is 59.6 cm³/mol. The van der Waals surface area contributed by atoms with Gasteiger partial charge >= 0.3 is 0 Å². The van der Waals surface area contributed by atoms with Gasteiger partial charge in [-0.25, -0.2) is 0 Å². The van der Waals surface area contributed by atoms with E-state index in [9.17, 15) is 4.79 Å². The Balaban J connectivity index is 2.08. The number of primary amides is 1. The number of nitrogens with zero attached hydrogens (tertiary/aromatic N) is 3. The number of morpholine rings is 1. The summed E-state index contributed by atoms with van der Waals surface area (Å²) in [5, 5.41) is 16.7. The minimum absolute atomic E-state index is 0.0245. The summed E-state index contributed by atoms with van der Waals surface area (Å²) in [5.74, 6) is 0.0519. The standard InChI is InChI=1S/C10H14N4O3/c11-10(16)8-1-2-9(13-12-8)14-3-4-17-7(5-14)6-15/h1-2,7,15H,3-6H2,(H2,11,16). The number of rotatable bonds is 3. The zero-order valence-electron chi connectivity index (χ0n) is 9.24. The van der Waals surface area contributed by atoms with Gasteiger partial charge in [-0.15, -0.1) is 10.2 Å². The fourth-order valence-electron chi connectivity index (χ4n) is 1.66. The molecule has 0 spiro atoms. The molecule has 1 aromatic heterocycles. The summed E-state index contributed by atoms with van der Waals surface area (Å²) >= 11 is 0. The van der Waals surface area contributed by atoms with Crippen LogP contribution >= 0.6 is 0 Å². The minimum atomic E-state index is -0.598. The van der Waals surface area contributed by atoms with Gasteiger partial charge < -0.3 is 20.5 Å². The van der Waals surface area contributed by atoms with Crippen LogP contribution in [0.4, 0.5) is 5.82 Å². The molecule has 7 nitrogen and oxygen atoms in total. The second-order valence-corrected chi connectivity index (χ2v) is 3.76. The summed E-state index contributed by atoms with van der Waals surface area (Å²) in [6, 6.07) is 3.22. The normalized spacial score (nSPS) is 20.3. The van der Waals surface area contributed by atoms with Gasteiger partial charge in [-0.1, -0.05) is 0 Å². The second-order valence-electron chi connectivity index (χ2n) is 3.76. The largest absolute Gasteiger partial charge is 0.394 e. The summed E-state index contributed by atoms with van der Waals surface area (Å²) in [6.45, 7) is 1.75. The molecule has 0 radical (unpaired) electrons. The SMILES string of the molecule is NC(=O)c1ccc(N2CCOC(CO)C2)nn1. The molecule has 1 atom stereocenters. The maximum atomic E-state index is 10.8. The Morgan fingerprint density at radius 3 is 3.00 bits per heavy atom. The lowest BCUT2D eigenvalue weighted by molar-refractivity contribution is 0.00332. The van der Waals surface area contributed by atoms with Gasteiger partial charge in [0.2, 0.25) is 0 Å². The second kappa shape index (κ2) is 5.07. The molecule has 0 aliphatic carbocycles. The molecule has 17 heavy (non-hydrogen) atoms. The third-order valence-corrected chi connectivity index (χ3v) is 2.57. The summed E-state index contributed by atoms with van der Waals surface area (Å²) in [7, 11) is 0. The topological polar surface area (TPSA) is 102 Å². The fourth-order valence-corrected chi connectivity index (χ4v) is 1.66. The van der Waals surface area contributed by atoms with E-state index in [0.29, 0.717) is 25.5 Å². The van der Waals surface area contributed by atoms with Crippen molar-refractivity contribution in [3.8, 4) is 0 Å². The molecule has 1 unspecified atom stereocenters. The van der Waals surface area contributed by atoms with Gasteiger partial charge in [-0.3, -0.25) is 4.79 Å². The quantitative estimate of drug-likeness (QED) is 0.684. The number of amides is 1. The lowest BCUT2D eigenvalue weighted by atomic mass is 10.2. The molecule has 0 saturated carbocycles. The Bertz CT molecular complexity index is 395. The van der Waals surface area contributed by atoms with E-state index in [1.165, 1.54) is 6.07 Å². The van der Waals surface area contributed by atoms with Crippen molar-refractivity contribution < 1.29 is 14.6 Å². The van der Waals surface area contributed by atoms with E-state index in [-0.39, 0.29) is 18.4 Å². The van der Waals surface area contributed by atoms with Crippen LogP contribution in [0, 0.1) is 0 Å². The molecule has 7 heteroatoms. The van der Waals surface area contributed by atoms with E-state index < -0.39 is 5.91 Å². The summed E-state index contributed by atoms with van der Waals surface area (Å²) in [4.78, 5) is 12.8. The number of carbonyl (C=O) groups excluding carboxylic acids is 1. The highest BCUT2D eigenvalue weighted by Crippen LogP contribution is 2.14. The molecule has 1 aliphatic rings. The number of ether oxygens (including phenoxy) is 1. The van der Waals surface area contributed by atoms with Crippen LogP contribution in [0.1, 0.15) is 10.5 Å². The maximum absolute atomic E-state index is 10.8. The van der Waals surface area contributed by atoms with Crippen molar-refractivity contribution in [3.05, 3.63) is 17.8 Å². The van der Waals surface area contributed by atoms with Crippen molar-refractivity contribution in [2.75, 3.05) is 31.2 Å². The molecule has 1 amide bonds. The maximum Gasteiger partial charge on any atom is 0.269 e. The van der Waals surface area contributed by atoms with Crippen molar-refractivity contribution in [2.24, 2.45) is 5.73 Å². The van der Waals surface area contributed by atoms with E-state index in [4.69, 9.17) is 15.6 Å². The molecule has 3 N–H and O–H groups in total. The number of aliphatic hydroxyl groups excluding tert-OH is 1. The highest BCUT2D eigenvalue weighted by molar-refractivity contribution is 5.90. The molecular weight excluding hydrogens is 224 g/mol. The molecule has 1 saturated heterocycles. The monoisotopic (exact) mass is 238 g/mol. The van der Waals surface area contributed by atoms with E-state index in [2.05, 4.69) is 10.2 Å². The van der Waals surface area contributed by atoms with Gasteiger partial charge in [-0.05, 0) is 12.1 Å². The first kappa shape index (κ1) is 11.7. The third-order valence-electron chi connectivity index (χ3n) is 2.57. The first-order chi connectivity index (χ1) is 8.20. The highest BCUT2D eigenvalue weighted by atomic mass is 16.5. The van der Waals surface area contributed by atoms with Gasteiger partial charge in [-0.2, -0.15) is 0 Å². The van der Waals surface area contributed by atoms with Crippen LogP contribution in [-0.4, -0.2) is 53.6 Å². The van der Waals surface area contributed by atoms with Crippen molar-refractivity contribution in [1.29, 1.82) is 0 Å². The Morgan fingerprint density at radius 1 is 1.59 bits per heavy atom. The lowest BCUT2D eigenvalue weighted by Crippen LogP contribution is -2.44.